The van der Waals surface area contributed by atoms with Crippen LogP contribution in [0.1, 0.15) is 25.3 Å². The highest BCUT2D eigenvalue weighted by atomic mass is 15.2. The Hall–Kier alpha value is -1.02. The molecule has 0 saturated heterocycles. The van der Waals surface area contributed by atoms with E-state index in [1.807, 2.05) is 0 Å². The van der Waals surface area contributed by atoms with E-state index in [0.29, 0.717) is 6.04 Å². The van der Waals surface area contributed by atoms with Gasteiger partial charge in [-0.25, -0.2) is 0 Å². The number of nitrogens with one attached hydrogen (secondary N) is 1. The summed E-state index contributed by atoms with van der Waals surface area (Å²) in [5.41, 5.74) is 2.76. The summed E-state index contributed by atoms with van der Waals surface area (Å²) < 4.78 is 0. The van der Waals surface area contributed by atoms with Crippen LogP contribution in [-0.4, -0.2) is 26.2 Å². The molecule has 1 aliphatic rings. The number of likely N-dealkylation sites (N-methyl/N-ethyl adjacent to an activating group) is 2. The number of hydrogen-bond donors (Lipinski definition) is 1. The molecule has 94 valence electrons. The minimum absolute atomic E-state index is 0.648. The summed E-state index contributed by atoms with van der Waals surface area (Å²) in [6.07, 6.45) is 2.80. The molecule has 1 saturated carbocycles. The minimum atomic E-state index is 0.648. The van der Waals surface area contributed by atoms with Gasteiger partial charge in [0.25, 0.3) is 0 Å². The second kappa shape index (κ2) is 5.54. The van der Waals surface area contributed by atoms with Crippen LogP contribution in [0, 0.1) is 12.8 Å². The van der Waals surface area contributed by atoms with Crippen LogP contribution in [0.5, 0.6) is 0 Å². The van der Waals surface area contributed by atoms with Gasteiger partial charge in [-0.3, -0.25) is 0 Å². The lowest BCUT2D eigenvalue weighted by atomic mass is 10.1. The molecule has 1 aliphatic carbocycles. The van der Waals surface area contributed by atoms with Gasteiger partial charge in [0.05, 0.1) is 0 Å². The van der Waals surface area contributed by atoms with Crippen molar-refractivity contribution in [3.8, 4) is 0 Å². The molecule has 0 spiro atoms. The highest BCUT2D eigenvalue weighted by Gasteiger charge is 2.31. The third-order valence-electron chi connectivity index (χ3n) is 3.82. The summed E-state index contributed by atoms with van der Waals surface area (Å²) in [5, 5.41) is 3.48. The van der Waals surface area contributed by atoms with Gasteiger partial charge in [0, 0.05) is 24.8 Å². The zero-order chi connectivity index (χ0) is 12.3. The molecule has 1 atom stereocenters. The summed E-state index contributed by atoms with van der Waals surface area (Å²) in [7, 11) is 2.09. The van der Waals surface area contributed by atoms with Crippen molar-refractivity contribution in [2.24, 2.45) is 5.92 Å². The fourth-order valence-corrected chi connectivity index (χ4v) is 2.53. The molecule has 17 heavy (non-hydrogen) atoms. The summed E-state index contributed by atoms with van der Waals surface area (Å²) in [5.74, 6) is 0.901. The molecule has 0 aliphatic heterocycles. The SMILES string of the molecule is CCN(CC(NC)C1CC1)c1ccccc1C. The van der Waals surface area contributed by atoms with Gasteiger partial charge in [-0.1, -0.05) is 18.2 Å². The standard InChI is InChI=1S/C15H24N2/c1-4-17(11-14(16-3)13-9-10-13)15-8-6-5-7-12(15)2/h5-8,13-14,16H,4,9-11H2,1-3H3. The van der Waals surface area contributed by atoms with Gasteiger partial charge in [0.1, 0.15) is 0 Å². The topological polar surface area (TPSA) is 15.3 Å². The van der Waals surface area contributed by atoms with E-state index in [2.05, 4.69) is 55.4 Å². The third-order valence-corrected chi connectivity index (χ3v) is 3.82. The predicted octanol–water partition coefficient (Wildman–Crippen LogP) is 2.82. The zero-order valence-corrected chi connectivity index (χ0v) is 11.2. The smallest absolute Gasteiger partial charge is 0.0396 e. The predicted molar refractivity (Wildman–Crippen MR) is 74.6 cm³/mol. The molecule has 1 unspecified atom stereocenters. The fourth-order valence-electron chi connectivity index (χ4n) is 2.53. The Bertz CT molecular complexity index is 358. The van der Waals surface area contributed by atoms with E-state index >= 15 is 0 Å². The maximum Gasteiger partial charge on any atom is 0.0396 e. The van der Waals surface area contributed by atoms with Crippen LogP contribution in [0.25, 0.3) is 0 Å². The van der Waals surface area contributed by atoms with Crippen LogP contribution >= 0.6 is 0 Å². The molecular formula is C15H24N2. The first-order valence-corrected chi connectivity index (χ1v) is 6.74. The summed E-state index contributed by atoms with van der Waals surface area (Å²) in [6, 6.07) is 9.33. The van der Waals surface area contributed by atoms with Crippen LogP contribution in [-0.2, 0) is 0 Å². The first-order valence-electron chi connectivity index (χ1n) is 6.74. The zero-order valence-electron chi connectivity index (χ0n) is 11.2. The highest BCUT2D eigenvalue weighted by molar-refractivity contribution is 5.53. The Morgan fingerprint density at radius 1 is 1.35 bits per heavy atom. The van der Waals surface area contributed by atoms with Gasteiger partial charge in [0.2, 0.25) is 0 Å². The Morgan fingerprint density at radius 2 is 2.06 bits per heavy atom. The molecule has 1 N–H and O–H groups in total. The fraction of sp³-hybridized carbons (Fsp3) is 0.600. The van der Waals surface area contributed by atoms with Crippen molar-refractivity contribution in [3.63, 3.8) is 0 Å². The van der Waals surface area contributed by atoms with Crippen LogP contribution in [0.2, 0.25) is 0 Å². The van der Waals surface area contributed by atoms with Crippen LogP contribution in [0.4, 0.5) is 5.69 Å². The number of para-hydroxylation sites is 1. The van der Waals surface area contributed by atoms with E-state index in [-0.39, 0.29) is 0 Å². The second-order valence-corrected chi connectivity index (χ2v) is 5.06. The van der Waals surface area contributed by atoms with E-state index < -0.39 is 0 Å². The van der Waals surface area contributed by atoms with E-state index in [1.165, 1.54) is 24.1 Å². The quantitative estimate of drug-likeness (QED) is 0.811. The van der Waals surface area contributed by atoms with Gasteiger partial charge in [-0.15, -0.1) is 0 Å². The molecule has 2 heteroatoms. The van der Waals surface area contributed by atoms with E-state index in [0.717, 1.165) is 19.0 Å². The second-order valence-electron chi connectivity index (χ2n) is 5.06. The number of anilines is 1. The molecule has 2 nitrogen and oxygen atoms in total. The normalized spacial score (nSPS) is 16.9. The lowest BCUT2D eigenvalue weighted by Crippen LogP contribution is -2.41. The van der Waals surface area contributed by atoms with Gasteiger partial charge in [0.15, 0.2) is 0 Å². The number of aryl methyl sites for hydroxylation is 1. The molecule has 1 aromatic carbocycles. The van der Waals surface area contributed by atoms with Crippen molar-refractivity contribution in [1.29, 1.82) is 0 Å². The average molecular weight is 232 g/mol. The summed E-state index contributed by atoms with van der Waals surface area (Å²) in [4.78, 5) is 2.49. The van der Waals surface area contributed by atoms with Gasteiger partial charge >= 0.3 is 0 Å². The van der Waals surface area contributed by atoms with E-state index in [9.17, 15) is 0 Å². The number of benzene rings is 1. The van der Waals surface area contributed by atoms with Crippen LogP contribution in [0.15, 0.2) is 24.3 Å². The molecule has 0 amide bonds. The monoisotopic (exact) mass is 232 g/mol. The van der Waals surface area contributed by atoms with Crippen molar-refractivity contribution in [2.45, 2.75) is 32.7 Å². The van der Waals surface area contributed by atoms with E-state index in [4.69, 9.17) is 0 Å². The van der Waals surface area contributed by atoms with Crippen molar-refractivity contribution in [1.82, 2.24) is 5.32 Å². The minimum Gasteiger partial charge on any atom is -0.370 e. The van der Waals surface area contributed by atoms with Gasteiger partial charge < -0.3 is 10.2 Å². The van der Waals surface area contributed by atoms with Crippen molar-refractivity contribution in [2.75, 3.05) is 25.0 Å². The van der Waals surface area contributed by atoms with Crippen LogP contribution in [0.3, 0.4) is 0 Å². The summed E-state index contributed by atoms with van der Waals surface area (Å²) >= 11 is 0. The molecule has 2 rings (SSSR count). The number of nitrogens with zero attached hydrogens (tertiary/aromatic N) is 1. The lowest BCUT2D eigenvalue weighted by Gasteiger charge is -2.29. The van der Waals surface area contributed by atoms with Crippen LogP contribution < -0.4 is 10.2 Å². The Balaban J connectivity index is 2.07. The highest BCUT2D eigenvalue weighted by Crippen LogP contribution is 2.33. The Morgan fingerprint density at radius 3 is 2.59 bits per heavy atom. The number of hydrogen-bond acceptors (Lipinski definition) is 2. The molecule has 1 aromatic rings. The molecule has 1 fully saturated rings. The maximum absolute atomic E-state index is 3.48. The molecular weight excluding hydrogens is 208 g/mol. The first-order chi connectivity index (χ1) is 8.26. The molecule has 0 heterocycles. The van der Waals surface area contributed by atoms with E-state index in [1.54, 1.807) is 0 Å². The first kappa shape index (κ1) is 12.4. The third kappa shape index (κ3) is 3.01. The summed E-state index contributed by atoms with van der Waals surface area (Å²) in [6.45, 7) is 6.65. The molecule has 0 bridgehead atoms. The van der Waals surface area contributed by atoms with Crippen molar-refractivity contribution in [3.05, 3.63) is 29.8 Å². The Labute approximate surface area is 105 Å². The lowest BCUT2D eigenvalue weighted by molar-refractivity contribution is 0.496. The van der Waals surface area contributed by atoms with Gasteiger partial charge in [-0.2, -0.15) is 0 Å². The maximum atomic E-state index is 3.48. The molecule has 0 radical (unpaired) electrons. The average Bonchev–Trinajstić information content (AvgIpc) is 3.16. The van der Waals surface area contributed by atoms with Gasteiger partial charge in [-0.05, 0) is 51.3 Å². The largest absolute Gasteiger partial charge is 0.370 e. The Kier molecular flexibility index (Phi) is 4.06. The molecule has 0 aromatic heterocycles. The van der Waals surface area contributed by atoms with Crippen molar-refractivity contribution < 1.29 is 0 Å². The van der Waals surface area contributed by atoms with Crippen molar-refractivity contribution >= 4 is 5.69 Å². The number of rotatable bonds is 6.